The van der Waals surface area contributed by atoms with Crippen LogP contribution in [0.1, 0.15) is 35.4 Å². The van der Waals surface area contributed by atoms with E-state index in [9.17, 15) is 9.59 Å². The zero-order valence-corrected chi connectivity index (χ0v) is 18.4. The Hall–Kier alpha value is -3.58. The first-order valence-corrected chi connectivity index (χ1v) is 10.8. The maximum absolute atomic E-state index is 12.5. The summed E-state index contributed by atoms with van der Waals surface area (Å²) in [5.74, 6) is 0.700. The molecule has 1 atom stereocenters. The lowest BCUT2D eigenvalue weighted by Crippen LogP contribution is -2.40. The second kappa shape index (κ2) is 9.70. The van der Waals surface area contributed by atoms with Gasteiger partial charge in [0.1, 0.15) is 5.76 Å². The van der Waals surface area contributed by atoms with Gasteiger partial charge in [-0.25, -0.2) is 4.79 Å². The molecule has 1 aliphatic rings. The quantitative estimate of drug-likeness (QED) is 0.536. The minimum atomic E-state index is -0.268. The highest BCUT2D eigenvalue weighted by molar-refractivity contribution is 6.00. The van der Waals surface area contributed by atoms with Crippen LogP contribution in [0.15, 0.2) is 65.3 Å². The SMILES string of the molecule is Cc1ccc(NC(=O)Nc2cccc3c2CCN(CC(=O)NC(C)c2ccco2)C3)cc1. The van der Waals surface area contributed by atoms with Crippen molar-refractivity contribution >= 4 is 23.3 Å². The Labute approximate surface area is 187 Å². The van der Waals surface area contributed by atoms with Crippen molar-refractivity contribution in [2.75, 3.05) is 23.7 Å². The number of urea groups is 1. The van der Waals surface area contributed by atoms with Gasteiger partial charge in [0.05, 0.1) is 18.8 Å². The summed E-state index contributed by atoms with van der Waals surface area (Å²) in [5, 5.41) is 8.82. The van der Waals surface area contributed by atoms with E-state index >= 15 is 0 Å². The predicted molar refractivity (Wildman–Crippen MR) is 125 cm³/mol. The second-order valence-electron chi connectivity index (χ2n) is 8.15. The Bertz CT molecular complexity index is 1080. The van der Waals surface area contributed by atoms with E-state index in [1.807, 2.05) is 68.4 Å². The number of hydrogen-bond acceptors (Lipinski definition) is 4. The highest BCUT2D eigenvalue weighted by atomic mass is 16.3. The van der Waals surface area contributed by atoms with Crippen molar-refractivity contribution in [2.24, 2.45) is 0 Å². The van der Waals surface area contributed by atoms with Crippen LogP contribution in [-0.4, -0.2) is 29.9 Å². The lowest BCUT2D eigenvalue weighted by atomic mass is 9.97. The number of fused-ring (bicyclic) bond motifs is 1. The summed E-state index contributed by atoms with van der Waals surface area (Å²) in [5.41, 5.74) is 4.94. The first-order chi connectivity index (χ1) is 15.5. The van der Waals surface area contributed by atoms with Crippen molar-refractivity contribution < 1.29 is 14.0 Å². The Balaban J connectivity index is 1.34. The van der Waals surface area contributed by atoms with Crippen LogP contribution in [0, 0.1) is 6.92 Å². The monoisotopic (exact) mass is 432 g/mol. The number of anilines is 2. The third-order valence-corrected chi connectivity index (χ3v) is 5.62. The molecule has 1 unspecified atom stereocenters. The molecule has 0 saturated heterocycles. The Morgan fingerprint density at radius 1 is 1.06 bits per heavy atom. The number of amides is 3. The summed E-state index contributed by atoms with van der Waals surface area (Å²) in [4.78, 5) is 27.1. The highest BCUT2D eigenvalue weighted by Crippen LogP contribution is 2.26. The number of benzene rings is 2. The fourth-order valence-electron chi connectivity index (χ4n) is 3.94. The average Bonchev–Trinajstić information content (AvgIpc) is 3.30. The normalized spacial score (nSPS) is 14.3. The smallest absolute Gasteiger partial charge is 0.323 e. The van der Waals surface area contributed by atoms with Crippen LogP contribution >= 0.6 is 0 Å². The molecule has 1 aliphatic heterocycles. The van der Waals surface area contributed by atoms with Crippen molar-refractivity contribution in [3.63, 3.8) is 0 Å². The topological polar surface area (TPSA) is 86.6 Å². The maximum Gasteiger partial charge on any atom is 0.323 e. The molecule has 0 fully saturated rings. The minimum absolute atomic E-state index is 0.0379. The van der Waals surface area contributed by atoms with Gasteiger partial charge in [0.15, 0.2) is 0 Å². The first kappa shape index (κ1) is 21.6. The van der Waals surface area contributed by atoms with Crippen LogP contribution in [0.2, 0.25) is 0 Å². The Kier molecular flexibility index (Phi) is 6.56. The summed E-state index contributed by atoms with van der Waals surface area (Å²) in [6.07, 6.45) is 2.36. The summed E-state index contributed by atoms with van der Waals surface area (Å²) in [6.45, 7) is 5.63. The molecule has 3 amide bonds. The fraction of sp³-hybridized carbons (Fsp3) is 0.280. The zero-order valence-electron chi connectivity index (χ0n) is 18.4. The largest absolute Gasteiger partial charge is 0.467 e. The molecule has 0 saturated carbocycles. The van der Waals surface area contributed by atoms with Crippen molar-refractivity contribution in [1.29, 1.82) is 0 Å². The van der Waals surface area contributed by atoms with E-state index in [1.54, 1.807) is 6.26 Å². The molecule has 0 aliphatic carbocycles. The summed E-state index contributed by atoms with van der Waals surface area (Å²) in [6, 6.07) is 16.8. The van der Waals surface area contributed by atoms with Crippen molar-refractivity contribution in [3.05, 3.63) is 83.3 Å². The summed E-state index contributed by atoms with van der Waals surface area (Å²) >= 11 is 0. The number of furan rings is 1. The van der Waals surface area contributed by atoms with E-state index < -0.39 is 0 Å². The van der Waals surface area contributed by atoms with E-state index in [-0.39, 0.29) is 18.0 Å². The molecule has 7 heteroatoms. The number of carbonyl (C=O) groups is 2. The highest BCUT2D eigenvalue weighted by Gasteiger charge is 2.22. The average molecular weight is 433 g/mol. The van der Waals surface area contributed by atoms with Gasteiger partial charge in [-0.2, -0.15) is 0 Å². The van der Waals surface area contributed by atoms with Gasteiger partial charge in [0, 0.05) is 24.5 Å². The third-order valence-electron chi connectivity index (χ3n) is 5.62. The van der Waals surface area contributed by atoms with Crippen molar-refractivity contribution in [2.45, 2.75) is 32.9 Å². The first-order valence-electron chi connectivity index (χ1n) is 10.8. The van der Waals surface area contributed by atoms with Crippen LogP contribution in [-0.2, 0) is 17.8 Å². The molecule has 0 radical (unpaired) electrons. The van der Waals surface area contributed by atoms with E-state index in [0.717, 1.165) is 46.8 Å². The summed E-state index contributed by atoms with van der Waals surface area (Å²) in [7, 11) is 0. The van der Waals surface area contributed by atoms with E-state index in [2.05, 4.69) is 20.9 Å². The molecule has 4 rings (SSSR count). The summed E-state index contributed by atoms with van der Waals surface area (Å²) < 4.78 is 5.35. The van der Waals surface area contributed by atoms with Crippen LogP contribution in [0.5, 0.6) is 0 Å². The van der Waals surface area contributed by atoms with E-state index in [4.69, 9.17) is 4.42 Å². The minimum Gasteiger partial charge on any atom is -0.467 e. The van der Waals surface area contributed by atoms with E-state index in [1.165, 1.54) is 0 Å². The fourth-order valence-corrected chi connectivity index (χ4v) is 3.94. The number of aryl methyl sites for hydroxylation is 1. The number of carbonyl (C=O) groups excluding carboxylic acids is 2. The van der Waals surface area contributed by atoms with Gasteiger partial charge in [-0.05, 0) is 61.7 Å². The lowest BCUT2D eigenvalue weighted by molar-refractivity contribution is -0.123. The predicted octanol–water partition coefficient (Wildman–Crippen LogP) is 4.47. The molecule has 7 nitrogen and oxygen atoms in total. The third kappa shape index (κ3) is 5.36. The maximum atomic E-state index is 12.5. The van der Waals surface area contributed by atoms with Crippen molar-refractivity contribution in [1.82, 2.24) is 10.2 Å². The molecular formula is C25H28N4O3. The lowest BCUT2D eigenvalue weighted by Gasteiger charge is -2.30. The van der Waals surface area contributed by atoms with Crippen LogP contribution in [0.25, 0.3) is 0 Å². The van der Waals surface area contributed by atoms with Gasteiger partial charge in [-0.1, -0.05) is 29.8 Å². The molecule has 0 bridgehead atoms. The number of hydrogen-bond donors (Lipinski definition) is 3. The Morgan fingerprint density at radius 3 is 2.62 bits per heavy atom. The number of nitrogens with zero attached hydrogens (tertiary/aromatic N) is 1. The molecule has 166 valence electrons. The van der Waals surface area contributed by atoms with Gasteiger partial charge >= 0.3 is 6.03 Å². The molecule has 3 aromatic rings. The molecular weight excluding hydrogens is 404 g/mol. The van der Waals surface area contributed by atoms with Crippen LogP contribution in [0.3, 0.4) is 0 Å². The van der Waals surface area contributed by atoms with Gasteiger partial charge < -0.3 is 20.4 Å². The van der Waals surface area contributed by atoms with Gasteiger partial charge in [0.25, 0.3) is 0 Å². The molecule has 2 heterocycles. The number of nitrogens with one attached hydrogen (secondary N) is 3. The van der Waals surface area contributed by atoms with Gasteiger partial charge in [-0.15, -0.1) is 0 Å². The molecule has 0 spiro atoms. The molecule has 2 aromatic carbocycles. The second-order valence-corrected chi connectivity index (χ2v) is 8.15. The van der Waals surface area contributed by atoms with Gasteiger partial charge in [0.2, 0.25) is 5.91 Å². The Morgan fingerprint density at radius 2 is 1.88 bits per heavy atom. The van der Waals surface area contributed by atoms with E-state index in [0.29, 0.717) is 13.1 Å². The molecule has 32 heavy (non-hydrogen) atoms. The zero-order chi connectivity index (χ0) is 22.5. The van der Waals surface area contributed by atoms with Crippen molar-refractivity contribution in [3.8, 4) is 0 Å². The molecule has 1 aromatic heterocycles. The standard InChI is InChI=1S/C25H28N4O3/c1-17-8-10-20(11-9-17)27-25(31)28-22-6-3-5-19-15-29(13-12-21(19)22)16-24(30)26-18(2)23-7-4-14-32-23/h3-11,14,18H,12-13,15-16H2,1-2H3,(H,26,30)(H2,27,28,31). The molecule has 3 N–H and O–H groups in total. The van der Waals surface area contributed by atoms with Crippen LogP contribution in [0.4, 0.5) is 16.2 Å². The van der Waals surface area contributed by atoms with Crippen LogP contribution < -0.4 is 16.0 Å². The van der Waals surface area contributed by atoms with Gasteiger partial charge in [-0.3, -0.25) is 9.69 Å². The number of rotatable bonds is 6.